The molecule has 2 aromatic carbocycles. The first-order valence-electron chi connectivity index (χ1n) is 6.25. The van der Waals surface area contributed by atoms with Crippen molar-refractivity contribution in [3.05, 3.63) is 64.6 Å². The Labute approximate surface area is 125 Å². The van der Waals surface area contributed by atoms with E-state index in [0.717, 1.165) is 10.9 Å². The maximum absolute atomic E-state index is 13.8. The van der Waals surface area contributed by atoms with E-state index in [-0.39, 0.29) is 16.3 Å². The molecular formula is C16H11ClFNO2. The average molecular weight is 304 g/mol. The van der Waals surface area contributed by atoms with Gasteiger partial charge in [-0.2, -0.15) is 0 Å². The number of ketones is 1. The van der Waals surface area contributed by atoms with Gasteiger partial charge in [0, 0.05) is 10.9 Å². The van der Waals surface area contributed by atoms with E-state index < -0.39 is 11.6 Å². The first kappa shape index (κ1) is 13.6. The van der Waals surface area contributed by atoms with Crippen molar-refractivity contribution in [3.63, 3.8) is 0 Å². The van der Waals surface area contributed by atoms with Crippen molar-refractivity contribution < 1.29 is 13.9 Å². The highest BCUT2D eigenvalue weighted by molar-refractivity contribution is 6.35. The maximum Gasteiger partial charge on any atom is 0.213 e. The third-order valence-corrected chi connectivity index (χ3v) is 3.58. The Morgan fingerprint density at radius 1 is 1.24 bits per heavy atom. The summed E-state index contributed by atoms with van der Waals surface area (Å²) in [7, 11) is 1.57. The molecule has 5 heteroatoms. The van der Waals surface area contributed by atoms with Gasteiger partial charge in [-0.3, -0.25) is 4.79 Å². The Balaban J connectivity index is 2.10. The lowest BCUT2D eigenvalue weighted by molar-refractivity contribution is 0.103. The zero-order valence-corrected chi connectivity index (χ0v) is 11.9. The number of benzene rings is 2. The molecule has 0 saturated heterocycles. The highest BCUT2D eigenvalue weighted by Crippen LogP contribution is 2.26. The summed E-state index contributed by atoms with van der Waals surface area (Å²) in [6, 6.07) is 11.2. The standard InChI is InChI=1S/C16H11ClFNO2/c1-21-10-5-6-13-9(7-10)8-14(19-13)16(20)15-11(17)3-2-4-12(15)18/h2-8,19H,1H3. The van der Waals surface area contributed by atoms with Crippen molar-refractivity contribution in [3.8, 4) is 5.75 Å². The van der Waals surface area contributed by atoms with Gasteiger partial charge in [0.25, 0.3) is 0 Å². The van der Waals surface area contributed by atoms with E-state index in [0.29, 0.717) is 5.75 Å². The molecule has 3 aromatic rings. The highest BCUT2D eigenvalue weighted by atomic mass is 35.5. The molecule has 0 atom stereocenters. The SMILES string of the molecule is COc1ccc2[nH]c(C(=O)c3c(F)cccc3Cl)cc2c1. The highest BCUT2D eigenvalue weighted by Gasteiger charge is 2.19. The van der Waals surface area contributed by atoms with E-state index >= 15 is 0 Å². The minimum atomic E-state index is -0.635. The number of aromatic amines is 1. The predicted molar refractivity (Wildman–Crippen MR) is 79.7 cm³/mol. The fraction of sp³-hybridized carbons (Fsp3) is 0.0625. The lowest BCUT2D eigenvalue weighted by Gasteiger charge is -2.02. The fourth-order valence-electron chi connectivity index (χ4n) is 2.21. The Bertz CT molecular complexity index is 821. The Hall–Kier alpha value is -2.33. The number of H-pyrrole nitrogens is 1. The molecule has 0 aliphatic rings. The van der Waals surface area contributed by atoms with E-state index in [9.17, 15) is 9.18 Å². The number of rotatable bonds is 3. The zero-order chi connectivity index (χ0) is 15.0. The summed E-state index contributed by atoms with van der Waals surface area (Å²) >= 11 is 5.93. The van der Waals surface area contributed by atoms with Gasteiger partial charge in [-0.1, -0.05) is 17.7 Å². The Morgan fingerprint density at radius 2 is 2.05 bits per heavy atom. The van der Waals surface area contributed by atoms with Crippen molar-refractivity contribution in [1.29, 1.82) is 0 Å². The maximum atomic E-state index is 13.8. The van der Waals surface area contributed by atoms with Gasteiger partial charge in [-0.05, 0) is 36.4 Å². The molecule has 1 N–H and O–H groups in total. The van der Waals surface area contributed by atoms with Crippen LogP contribution < -0.4 is 4.74 Å². The molecule has 21 heavy (non-hydrogen) atoms. The number of fused-ring (bicyclic) bond motifs is 1. The van der Waals surface area contributed by atoms with Crippen molar-refractivity contribution in [2.45, 2.75) is 0 Å². The van der Waals surface area contributed by atoms with Crippen LogP contribution in [0.4, 0.5) is 4.39 Å². The number of carbonyl (C=O) groups is 1. The summed E-state index contributed by atoms with van der Waals surface area (Å²) in [5.74, 6) is -0.429. The van der Waals surface area contributed by atoms with Crippen LogP contribution in [0.2, 0.25) is 5.02 Å². The number of nitrogens with one attached hydrogen (secondary N) is 1. The molecule has 1 heterocycles. The molecule has 0 radical (unpaired) electrons. The molecule has 0 spiro atoms. The second-order valence-corrected chi connectivity index (χ2v) is 4.97. The van der Waals surface area contributed by atoms with E-state index in [1.54, 1.807) is 31.4 Å². The summed E-state index contributed by atoms with van der Waals surface area (Å²) in [5.41, 5.74) is 0.926. The van der Waals surface area contributed by atoms with Gasteiger partial charge < -0.3 is 9.72 Å². The van der Waals surface area contributed by atoms with Crippen molar-refractivity contribution in [1.82, 2.24) is 4.98 Å². The van der Waals surface area contributed by atoms with Gasteiger partial charge in [-0.25, -0.2) is 4.39 Å². The van der Waals surface area contributed by atoms with Crippen LogP contribution in [0.5, 0.6) is 5.75 Å². The topological polar surface area (TPSA) is 42.1 Å². The normalized spacial score (nSPS) is 10.8. The van der Waals surface area contributed by atoms with E-state index in [1.165, 1.54) is 18.2 Å². The minimum absolute atomic E-state index is 0.0937. The largest absolute Gasteiger partial charge is 0.497 e. The lowest BCUT2D eigenvalue weighted by Crippen LogP contribution is -2.05. The second kappa shape index (κ2) is 5.22. The van der Waals surface area contributed by atoms with E-state index in [4.69, 9.17) is 16.3 Å². The quantitative estimate of drug-likeness (QED) is 0.737. The van der Waals surface area contributed by atoms with Gasteiger partial charge in [-0.15, -0.1) is 0 Å². The summed E-state index contributed by atoms with van der Waals surface area (Å²) in [5, 5.41) is 0.904. The van der Waals surface area contributed by atoms with Gasteiger partial charge in [0.15, 0.2) is 0 Å². The Morgan fingerprint density at radius 3 is 2.76 bits per heavy atom. The van der Waals surface area contributed by atoms with Gasteiger partial charge in [0.2, 0.25) is 5.78 Å². The van der Waals surface area contributed by atoms with Crippen LogP contribution in [0.3, 0.4) is 0 Å². The molecule has 3 rings (SSSR count). The molecule has 0 aliphatic carbocycles. The number of ether oxygens (including phenoxy) is 1. The second-order valence-electron chi connectivity index (χ2n) is 4.56. The van der Waals surface area contributed by atoms with Crippen LogP contribution in [0, 0.1) is 5.82 Å². The zero-order valence-electron chi connectivity index (χ0n) is 11.1. The van der Waals surface area contributed by atoms with Crippen molar-refractivity contribution in [2.75, 3.05) is 7.11 Å². The van der Waals surface area contributed by atoms with Crippen LogP contribution in [-0.2, 0) is 0 Å². The van der Waals surface area contributed by atoms with Crippen LogP contribution in [-0.4, -0.2) is 17.9 Å². The van der Waals surface area contributed by atoms with Gasteiger partial charge in [0.05, 0.1) is 23.4 Å². The molecule has 1 aromatic heterocycles. The first-order chi connectivity index (χ1) is 10.1. The number of halogens is 2. The van der Waals surface area contributed by atoms with Crippen molar-refractivity contribution in [2.24, 2.45) is 0 Å². The third kappa shape index (κ3) is 2.38. The number of methoxy groups -OCH3 is 1. The van der Waals surface area contributed by atoms with E-state index in [1.807, 2.05) is 0 Å². The fourth-order valence-corrected chi connectivity index (χ4v) is 2.46. The number of hydrogen-bond acceptors (Lipinski definition) is 2. The molecule has 0 unspecified atom stereocenters. The molecule has 106 valence electrons. The molecular weight excluding hydrogens is 293 g/mol. The third-order valence-electron chi connectivity index (χ3n) is 3.26. The minimum Gasteiger partial charge on any atom is -0.497 e. The summed E-state index contributed by atoms with van der Waals surface area (Å²) in [4.78, 5) is 15.4. The van der Waals surface area contributed by atoms with Crippen LogP contribution in [0.25, 0.3) is 10.9 Å². The number of carbonyl (C=O) groups excluding carboxylic acids is 1. The smallest absolute Gasteiger partial charge is 0.213 e. The molecule has 0 saturated carbocycles. The number of hydrogen-bond donors (Lipinski definition) is 1. The van der Waals surface area contributed by atoms with Crippen LogP contribution in [0.1, 0.15) is 16.1 Å². The summed E-state index contributed by atoms with van der Waals surface area (Å²) < 4.78 is 19.0. The molecule has 0 fully saturated rings. The molecule has 0 aliphatic heterocycles. The predicted octanol–water partition coefficient (Wildman–Crippen LogP) is 4.20. The monoisotopic (exact) mass is 303 g/mol. The molecule has 0 amide bonds. The summed E-state index contributed by atoms with van der Waals surface area (Å²) in [6.07, 6.45) is 0. The van der Waals surface area contributed by atoms with Crippen molar-refractivity contribution >= 4 is 28.3 Å². The summed E-state index contributed by atoms with van der Waals surface area (Å²) in [6.45, 7) is 0. The lowest BCUT2D eigenvalue weighted by atomic mass is 10.1. The molecule has 3 nitrogen and oxygen atoms in total. The first-order valence-corrected chi connectivity index (χ1v) is 6.63. The molecule has 0 bridgehead atoms. The van der Waals surface area contributed by atoms with Gasteiger partial charge in [0.1, 0.15) is 11.6 Å². The Kier molecular flexibility index (Phi) is 3.39. The van der Waals surface area contributed by atoms with Gasteiger partial charge >= 0.3 is 0 Å². The van der Waals surface area contributed by atoms with Crippen LogP contribution >= 0.6 is 11.6 Å². The van der Waals surface area contributed by atoms with Crippen LogP contribution in [0.15, 0.2) is 42.5 Å². The number of aromatic nitrogens is 1. The average Bonchev–Trinajstić information content (AvgIpc) is 2.89. The van der Waals surface area contributed by atoms with E-state index in [2.05, 4.69) is 4.98 Å².